The average Bonchev–Trinajstić information content (AvgIpc) is 3.02. The minimum atomic E-state index is -0.547. The monoisotopic (exact) mass is 348 g/mol. The van der Waals surface area contributed by atoms with Crippen LogP contribution in [0.1, 0.15) is 17.5 Å². The first-order valence-electron chi connectivity index (χ1n) is 8.20. The van der Waals surface area contributed by atoms with E-state index in [4.69, 9.17) is 9.15 Å². The summed E-state index contributed by atoms with van der Waals surface area (Å²) >= 11 is 0. The highest BCUT2D eigenvalue weighted by molar-refractivity contribution is 6.07. The van der Waals surface area contributed by atoms with Gasteiger partial charge in [-0.15, -0.1) is 0 Å². The number of esters is 1. The van der Waals surface area contributed by atoms with Gasteiger partial charge in [-0.1, -0.05) is 24.3 Å². The number of phenolic OH excluding ortho intramolecular Hbond substituents is 1. The Morgan fingerprint density at radius 1 is 1.15 bits per heavy atom. The number of nitrogens with one attached hydrogen (secondary N) is 1. The summed E-state index contributed by atoms with van der Waals surface area (Å²) < 4.78 is 10.8. The van der Waals surface area contributed by atoms with Crippen LogP contribution in [0.15, 0.2) is 59.3 Å². The molecule has 0 atom stereocenters. The zero-order valence-corrected chi connectivity index (χ0v) is 14.0. The number of anilines is 2. The molecule has 0 saturated carbocycles. The molecule has 130 valence electrons. The number of nitrogens with zero attached hydrogens (tertiary/aromatic N) is 1. The zero-order chi connectivity index (χ0) is 18.1. The van der Waals surface area contributed by atoms with Gasteiger partial charge in [0.05, 0.1) is 12.8 Å². The maximum Gasteiger partial charge on any atom is 0.376 e. The van der Waals surface area contributed by atoms with E-state index in [1.807, 2.05) is 24.3 Å². The Kier molecular flexibility index (Phi) is 3.93. The van der Waals surface area contributed by atoms with Crippen molar-refractivity contribution in [2.75, 3.05) is 11.9 Å². The third kappa shape index (κ3) is 2.61. The molecule has 0 unspecified atom stereocenters. The molecule has 4 rings (SSSR count). The summed E-state index contributed by atoms with van der Waals surface area (Å²) in [5.74, 6) is -0.265. The van der Waals surface area contributed by atoms with E-state index in [-0.39, 0.29) is 18.1 Å². The first-order valence-corrected chi connectivity index (χ1v) is 8.20. The van der Waals surface area contributed by atoms with E-state index in [0.29, 0.717) is 16.7 Å². The van der Waals surface area contributed by atoms with E-state index in [0.717, 1.165) is 16.5 Å². The van der Waals surface area contributed by atoms with Crippen LogP contribution in [0.3, 0.4) is 0 Å². The summed E-state index contributed by atoms with van der Waals surface area (Å²) in [6, 6.07) is 12.6. The number of fused-ring (bicyclic) bond motifs is 2. The van der Waals surface area contributed by atoms with Gasteiger partial charge in [0.2, 0.25) is 5.76 Å². The van der Waals surface area contributed by atoms with Gasteiger partial charge in [-0.25, -0.2) is 4.79 Å². The number of furan rings is 1. The van der Waals surface area contributed by atoms with Crippen LogP contribution < -0.4 is 5.32 Å². The normalized spacial score (nSPS) is 11.0. The molecule has 6 nitrogen and oxygen atoms in total. The number of ether oxygens (including phenoxy) is 1. The molecule has 0 spiro atoms. The lowest BCUT2D eigenvalue weighted by molar-refractivity contribution is 0.0494. The first-order chi connectivity index (χ1) is 12.7. The second-order valence-corrected chi connectivity index (χ2v) is 5.70. The van der Waals surface area contributed by atoms with Gasteiger partial charge in [0.1, 0.15) is 11.4 Å². The minimum absolute atomic E-state index is 0.0898. The van der Waals surface area contributed by atoms with Crippen LogP contribution in [0.4, 0.5) is 11.4 Å². The zero-order valence-electron chi connectivity index (χ0n) is 14.0. The topological polar surface area (TPSA) is 84.6 Å². The molecule has 0 fully saturated rings. The fourth-order valence-corrected chi connectivity index (χ4v) is 2.95. The molecule has 0 aliphatic carbocycles. The molecule has 6 heteroatoms. The van der Waals surface area contributed by atoms with Crippen molar-refractivity contribution in [2.45, 2.75) is 6.92 Å². The molecule has 2 N–H and O–H groups in total. The highest BCUT2D eigenvalue weighted by Crippen LogP contribution is 2.36. The van der Waals surface area contributed by atoms with Gasteiger partial charge in [-0.3, -0.25) is 4.98 Å². The van der Waals surface area contributed by atoms with Gasteiger partial charge >= 0.3 is 5.97 Å². The van der Waals surface area contributed by atoms with Crippen LogP contribution in [0.25, 0.3) is 21.7 Å². The summed E-state index contributed by atoms with van der Waals surface area (Å²) in [6.07, 6.45) is 3.19. The highest BCUT2D eigenvalue weighted by Gasteiger charge is 2.22. The van der Waals surface area contributed by atoms with Crippen molar-refractivity contribution in [3.05, 3.63) is 60.6 Å². The molecule has 2 heterocycles. The third-order valence-electron chi connectivity index (χ3n) is 4.11. The molecule has 0 aliphatic heterocycles. The van der Waals surface area contributed by atoms with Crippen LogP contribution >= 0.6 is 0 Å². The average molecular weight is 348 g/mol. The first kappa shape index (κ1) is 16.0. The molecule has 0 bridgehead atoms. The summed E-state index contributed by atoms with van der Waals surface area (Å²) in [6.45, 7) is 1.98. The van der Waals surface area contributed by atoms with E-state index < -0.39 is 5.97 Å². The van der Waals surface area contributed by atoms with Gasteiger partial charge in [-0.2, -0.15) is 0 Å². The predicted molar refractivity (Wildman–Crippen MR) is 98.9 cm³/mol. The van der Waals surface area contributed by atoms with Crippen LogP contribution in [0.5, 0.6) is 5.75 Å². The maximum absolute atomic E-state index is 12.3. The van der Waals surface area contributed by atoms with E-state index in [2.05, 4.69) is 10.3 Å². The molecule has 26 heavy (non-hydrogen) atoms. The van der Waals surface area contributed by atoms with Crippen LogP contribution in [-0.4, -0.2) is 22.7 Å². The van der Waals surface area contributed by atoms with Crippen molar-refractivity contribution in [1.29, 1.82) is 0 Å². The third-order valence-corrected chi connectivity index (χ3v) is 4.11. The maximum atomic E-state index is 12.3. The Morgan fingerprint density at radius 3 is 2.81 bits per heavy atom. The van der Waals surface area contributed by atoms with Crippen molar-refractivity contribution in [2.24, 2.45) is 0 Å². The number of aromatic hydroxyl groups is 1. The van der Waals surface area contributed by atoms with Crippen molar-refractivity contribution < 1.29 is 19.1 Å². The number of aromatic nitrogens is 1. The molecular formula is C20H16N2O4. The Morgan fingerprint density at radius 2 is 1.96 bits per heavy atom. The lowest BCUT2D eigenvalue weighted by Gasteiger charge is -2.11. The number of pyridine rings is 1. The largest absolute Gasteiger partial charge is 0.507 e. The Balaban J connectivity index is 1.89. The summed E-state index contributed by atoms with van der Waals surface area (Å²) in [4.78, 5) is 16.4. The standard InChI is InChI=1S/C20H16N2O4/c1-2-25-20(24)19-18(14-9-10-21-11-17(14)26-19)22-15-7-3-6-13-12(15)5-4-8-16(13)23/h3-11,22-23H,2H2,1H3. The van der Waals surface area contributed by atoms with Crippen LogP contribution in [0.2, 0.25) is 0 Å². The van der Waals surface area contributed by atoms with Crippen molar-refractivity contribution in [3.63, 3.8) is 0 Å². The van der Waals surface area contributed by atoms with Crippen molar-refractivity contribution in [3.8, 4) is 5.75 Å². The molecule has 0 saturated heterocycles. The number of carbonyl (C=O) groups is 1. The second kappa shape index (κ2) is 6.40. The molecule has 4 aromatic rings. The molecule has 2 aromatic carbocycles. The lowest BCUT2D eigenvalue weighted by atomic mass is 10.1. The number of benzene rings is 2. The summed E-state index contributed by atoms with van der Waals surface area (Å²) in [7, 11) is 0. The fraction of sp³-hybridized carbons (Fsp3) is 0.100. The highest BCUT2D eigenvalue weighted by atomic mass is 16.5. The van der Waals surface area contributed by atoms with E-state index in [1.54, 1.807) is 37.5 Å². The smallest absolute Gasteiger partial charge is 0.376 e. The number of hydrogen-bond acceptors (Lipinski definition) is 6. The van der Waals surface area contributed by atoms with Gasteiger partial charge in [0.25, 0.3) is 0 Å². The van der Waals surface area contributed by atoms with Crippen molar-refractivity contribution in [1.82, 2.24) is 4.98 Å². The van der Waals surface area contributed by atoms with Gasteiger partial charge in [0, 0.05) is 28.0 Å². The number of rotatable bonds is 4. The predicted octanol–water partition coefficient (Wildman–Crippen LogP) is 4.61. The van der Waals surface area contributed by atoms with E-state index >= 15 is 0 Å². The Labute approximate surface area is 149 Å². The minimum Gasteiger partial charge on any atom is -0.507 e. The van der Waals surface area contributed by atoms with Gasteiger partial charge in [-0.05, 0) is 25.1 Å². The number of phenols is 1. The Bertz CT molecular complexity index is 1120. The molecule has 0 aliphatic rings. The molecule has 0 amide bonds. The summed E-state index contributed by atoms with van der Waals surface area (Å²) in [5.41, 5.74) is 1.74. The number of hydrogen-bond donors (Lipinski definition) is 2. The molecule has 2 aromatic heterocycles. The molecular weight excluding hydrogens is 332 g/mol. The fourth-order valence-electron chi connectivity index (χ4n) is 2.95. The molecule has 0 radical (unpaired) electrons. The van der Waals surface area contributed by atoms with Crippen LogP contribution in [0, 0.1) is 0 Å². The quantitative estimate of drug-likeness (QED) is 0.524. The van der Waals surface area contributed by atoms with E-state index in [9.17, 15) is 9.90 Å². The van der Waals surface area contributed by atoms with Gasteiger partial charge in [0.15, 0.2) is 5.58 Å². The van der Waals surface area contributed by atoms with Crippen molar-refractivity contribution >= 4 is 39.1 Å². The summed E-state index contributed by atoms with van der Waals surface area (Å²) in [5, 5.41) is 15.6. The second-order valence-electron chi connectivity index (χ2n) is 5.70. The Hall–Kier alpha value is -3.54. The van der Waals surface area contributed by atoms with Gasteiger partial charge < -0.3 is 19.6 Å². The van der Waals surface area contributed by atoms with Crippen LogP contribution in [-0.2, 0) is 4.74 Å². The lowest BCUT2D eigenvalue weighted by Crippen LogP contribution is -2.06. The SMILES string of the molecule is CCOC(=O)c1oc2cnccc2c1Nc1cccc2c(O)cccc12. The number of carbonyl (C=O) groups excluding carboxylic acids is 1. The van der Waals surface area contributed by atoms with E-state index in [1.165, 1.54) is 0 Å².